The Morgan fingerprint density at radius 3 is 2.72 bits per heavy atom. The predicted octanol–water partition coefficient (Wildman–Crippen LogP) is 1.86. The number of nitrogens with zero attached hydrogens (tertiary/aromatic N) is 3. The average Bonchev–Trinajstić information content (AvgIpc) is 2.46. The maximum Gasteiger partial charge on any atom is 0.191 e. The highest BCUT2D eigenvalue weighted by Crippen LogP contribution is 2.23. The van der Waals surface area contributed by atoms with Crippen molar-refractivity contribution in [1.29, 1.82) is 0 Å². The van der Waals surface area contributed by atoms with E-state index in [1.807, 2.05) is 19.4 Å². The van der Waals surface area contributed by atoms with E-state index in [9.17, 15) is 0 Å². The Kier molecular flexibility index (Phi) is 4.66. The lowest BCUT2D eigenvalue weighted by Gasteiger charge is -2.32. The number of thioether (sulfide) groups is 1. The molecule has 0 saturated carbocycles. The molecule has 18 heavy (non-hydrogen) atoms. The molecule has 1 N–H and O–H groups in total. The Morgan fingerprint density at radius 1 is 1.39 bits per heavy atom. The van der Waals surface area contributed by atoms with Crippen molar-refractivity contribution < 1.29 is 4.74 Å². The number of rotatable bonds is 4. The summed E-state index contributed by atoms with van der Waals surface area (Å²) in [6.45, 7) is 1.68. The second-order valence-corrected chi connectivity index (χ2v) is 5.08. The summed E-state index contributed by atoms with van der Waals surface area (Å²) in [7, 11) is 3.98. The van der Waals surface area contributed by atoms with Gasteiger partial charge in [-0.2, -0.15) is 0 Å². The summed E-state index contributed by atoms with van der Waals surface area (Å²) in [5, 5.41) is 3.89. The first-order valence-corrected chi connectivity index (χ1v) is 7.38. The molecule has 1 aliphatic rings. The van der Waals surface area contributed by atoms with E-state index in [2.05, 4.69) is 27.2 Å². The summed E-state index contributed by atoms with van der Waals surface area (Å²) in [6.07, 6.45) is 4.11. The Hall–Kier alpha value is -1.01. The SMILES string of the molecule is CNc1cc(N(C)C2CCOCC2)nc(SC)n1. The van der Waals surface area contributed by atoms with Crippen LogP contribution in [0.1, 0.15) is 12.8 Å². The normalized spacial score (nSPS) is 16.6. The zero-order chi connectivity index (χ0) is 13.0. The van der Waals surface area contributed by atoms with Gasteiger partial charge in [0.1, 0.15) is 11.6 Å². The molecule has 0 unspecified atom stereocenters. The minimum absolute atomic E-state index is 0.507. The van der Waals surface area contributed by atoms with Gasteiger partial charge in [-0.15, -0.1) is 0 Å². The van der Waals surface area contributed by atoms with E-state index in [0.29, 0.717) is 6.04 Å². The van der Waals surface area contributed by atoms with E-state index in [1.54, 1.807) is 11.8 Å². The minimum atomic E-state index is 0.507. The Labute approximate surface area is 112 Å². The van der Waals surface area contributed by atoms with Gasteiger partial charge < -0.3 is 15.0 Å². The number of hydrogen-bond donors (Lipinski definition) is 1. The van der Waals surface area contributed by atoms with Gasteiger partial charge >= 0.3 is 0 Å². The van der Waals surface area contributed by atoms with Crippen LogP contribution < -0.4 is 10.2 Å². The van der Waals surface area contributed by atoms with Gasteiger partial charge in [-0.3, -0.25) is 0 Å². The molecule has 2 heterocycles. The largest absolute Gasteiger partial charge is 0.381 e. The standard InChI is InChI=1S/C12H20N4OS/c1-13-10-8-11(15-12(14-10)18-3)16(2)9-4-6-17-7-5-9/h8-9H,4-7H2,1-3H3,(H,13,14,15). The van der Waals surface area contributed by atoms with E-state index in [1.165, 1.54) is 0 Å². The molecule has 1 aliphatic heterocycles. The van der Waals surface area contributed by atoms with E-state index >= 15 is 0 Å². The first kappa shape index (κ1) is 13.4. The Bertz CT molecular complexity index is 373. The van der Waals surface area contributed by atoms with Gasteiger partial charge in [0.15, 0.2) is 5.16 Å². The molecule has 0 atom stereocenters. The third-order valence-corrected chi connectivity index (χ3v) is 3.78. The summed E-state index contributed by atoms with van der Waals surface area (Å²) < 4.78 is 5.40. The molecule has 1 saturated heterocycles. The number of aromatic nitrogens is 2. The van der Waals surface area contributed by atoms with E-state index < -0.39 is 0 Å². The van der Waals surface area contributed by atoms with Gasteiger partial charge in [0.25, 0.3) is 0 Å². The van der Waals surface area contributed by atoms with Crippen molar-refractivity contribution in [3.8, 4) is 0 Å². The van der Waals surface area contributed by atoms with Gasteiger partial charge in [-0.05, 0) is 19.1 Å². The van der Waals surface area contributed by atoms with Crippen LogP contribution in [0.2, 0.25) is 0 Å². The zero-order valence-electron chi connectivity index (χ0n) is 11.1. The number of anilines is 2. The van der Waals surface area contributed by atoms with Crippen LogP contribution in [-0.2, 0) is 4.74 Å². The summed E-state index contributed by atoms with van der Waals surface area (Å²) in [4.78, 5) is 11.2. The molecule has 0 radical (unpaired) electrons. The highest BCUT2D eigenvalue weighted by atomic mass is 32.2. The lowest BCUT2D eigenvalue weighted by atomic mass is 10.1. The Morgan fingerprint density at radius 2 is 2.11 bits per heavy atom. The van der Waals surface area contributed by atoms with Crippen LogP contribution in [0.3, 0.4) is 0 Å². The van der Waals surface area contributed by atoms with Crippen molar-refractivity contribution in [1.82, 2.24) is 9.97 Å². The van der Waals surface area contributed by atoms with E-state index in [0.717, 1.165) is 42.8 Å². The number of nitrogens with one attached hydrogen (secondary N) is 1. The highest BCUT2D eigenvalue weighted by molar-refractivity contribution is 7.98. The van der Waals surface area contributed by atoms with Gasteiger partial charge in [-0.1, -0.05) is 11.8 Å². The molecular weight excluding hydrogens is 248 g/mol. The second kappa shape index (κ2) is 6.24. The molecule has 0 aromatic carbocycles. The number of hydrogen-bond acceptors (Lipinski definition) is 6. The first-order valence-electron chi connectivity index (χ1n) is 6.16. The van der Waals surface area contributed by atoms with Gasteiger partial charge in [0, 0.05) is 39.4 Å². The van der Waals surface area contributed by atoms with Gasteiger partial charge in [0.2, 0.25) is 0 Å². The van der Waals surface area contributed by atoms with Crippen LogP contribution in [0.25, 0.3) is 0 Å². The summed E-state index contributed by atoms with van der Waals surface area (Å²) in [6, 6.07) is 2.50. The lowest BCUT2D eigenvalue weighted by molar-refractivity contribution is 0.0853. The topological polar surface area (TPSA) is 50.3 Å². The highest BCUT2D eigenvalue weighted by Gasteiger charge is 2.20. The maximum absolute atomic E-state index is 5.40. The fourth-order valence-corrected chi connectivity index (χ4v) is 2.45. The molecule has 6 heteroatoms. The molecule has 0 spiro atoms. The van der Waals surface area contributed by atoms with Crippen LogP contribution >= 0.6 is 11.8 Å². The summed E-state index contributed by atoms with van der Waals surface area (Å²) in [5.41, 5.74) is 0. The van der Waals surface area contributed by atoms with Crippen LogP contribution in [0, 0.1) is 0 Å². The van der Waals surface area contributed by atoms with Crippen LogP contribution in [0.4, 0.5) is 11.6 Å². The van der Waals surface area contributed by atoms with Crippen molar-refractivity contribution in [3.63, 3.8) is 0 Å². The fraction of sp³-hybridized carbons (Fsp3) is 0.667. The second-order valence-electron chi connectivity index (χ2n) is 4.30. The molecule has 5 nitrogen and oxygen atoms in total. The molecule has 1 aromatic heterocycles. The van der Waals surface area contributed by atoms with Crippen molar-refractivity contribution in [2.24, 2.45) is 0 Å². The monoisotopic (exact) mass is 268 g/mol. The van der Waals surface area contributed by atoms with Crippen molar-refractivity contribution in [3.05, 3.63) is 6.07 Å². The molecular formula is C12H20N4OS. The lowest BCUT2D eigenvalue weighted by Crippen LogP contribution is -2.37. The maximum atomic E-state index is 5.40. The molecule has 2 rings (SSSR count). The van der Waals surface area contributed by atoms with E-state index in [4.69, 9.17) is 4.74 Å². The van der Waals surface area contributed by atoms with Crippen molar-refractivity contribution >= 4 is 23.4 Å². The van der Waals surface area contributed by atoms with Crippen LogP contribution in [0.5, 0.6) is 0 Å². The molecule has 0 amide bonds. The molecule has 1 fully saturated rings. The quantitative estimate of drug-likeness (QED) is 0.664. The average molecular weight is 268 g/mol. The van der Waals surface area contributed by atoms with Gasteiger partial charge in [0.05, 0.1) is 0 Å². The van der Waals surface area contributed by atoms with Crippen LogP contribution in [0.15, 0.2) is 11.2 Å². The van der Waals surface area contributed by atoms with Gasteiger partial charge in [-0.25, -0.2) is 9.97 Å². The molecule has 0 aliphatic carbocycles. The predicted molar refractivity (Wildman–Crippen MR) is 75.6 cm³/mol. The summed E-state index contributed by atoms with van der Waals surface area (Å²) in [5.74, 6) is 1.84. The molecule has 1 aromatic rings. The fourth-order valence-electron chi connectivity index (χ4n) is 2.07. The van der Waals surface area contributed by atoms with Crippen LogP contribution in [-0.4, -0.2) is 49.6 Å². The van der Waals surface area contributed by atoms with Crippen molar-refractivity contribution in [2.75, 3.05) is 43.8 Å². The Balaban J connectivity index is 2.19. The third kappa shape index (κ3) is 3.05. The zero-order valence-corrected chi connectivity index (χ0v) is 12.0. The number of ether oxygens (including phenoxy) is 1. The third-order valence-electron chi connectivity index (χ3n) is 3.23. The van der Waals surface area contributed by atoms with Crippen molar-refractivity contribution in [2.45, 2.75) is 24.0 Å². The minimum Gasteiger partial charge on any atom is -0.381 e. The first-order chi connectivity index (χ1) is 8.74. The summed E-state index contributed by atoms with van der Waals surface area (Å²) >= 11 is 1.56. The smallest absolute Gasteiger partial charge is 0.191 e. The molecule has 0 bridgehead atoms. The van der Waals surface area contributed by atoms with E-state index in [-0.39, 0.29) is 0 Å². The molecule has 100 valence electrons.